The van der Waals surface area contributed by atoms with Crippen LogP contribution in [0.4, 0.5) is 0 Å². The maximum absolute atomic E-state index is 12.3. The van der Waals surface area contributed by atoms with Crippen molar-refractivity contribution in [1.82, 2.24) is 5.32 Å². The van der Waals surface area contributed by atoms with Crippen LogP contribution in [0.3, 0.4) is 0 Å². The van der Waals surface area contributed by atoms with Gasteiger partial charge in [-0.15, -0.1) is 0 Å². The fourth-order valence-corrected chi connectivity index (χ4v) is 2.09. The van der Waals surface area contributed by atoms with Crippen LogP contribution >= 0.6 is 11.6 Å². The summed E-state index contributed by atoms with van der Waals surface area (Å²) in [6.45, 7) is 5.61. The van der Waals surface area contributed by atoms with Crippen molar-refractivity contribution in [3.8, 4) is 11.5 Å². The normalized spacial score (nSPS) is 13.1. The second kappa shape index (κ2) is 8.62. The van der Waals surface area contributed by atoms with Gasteiger partial charge in [0.25, 0.3) is 5.91 Å². The Kier molecular flexibility index (Phi) is 7.16. The SMILES string of the molecule is CCCOc1c(Cl)cc(C(=O)NC(C)C(C)C(=O)O)cc1OC. The lowest BCUT2D eigenvalue weighted by atomic mass is 10.0. The highest BCUT2D eigenvalue weighted by atomic mass is 35.5. The second-order valence-electron chi connectivity index (χ2n) is 5.23. The maximum Gasteiger partial charge on any atom is 0.308 e. The number of nitrogens with one attached hydrogen (secondary N) is 1. The van der Waals surface area contributed by atoms with Crippen LogP contribution in [-0.4, -0.2) is 36.7 Å². The zero-order valence-electron chi connectivity index (χ0n) is 13.7. The Morgan fingerprint density at radius 2 is 2.00 bits per heavy atom. The summed E-state index contributed by atoms with van der Waals surface area (Å²) in [5.74, 6) is -1.36. The molecule has 7 heteroatoms. The van der Waals surface area contributed by atoms with E-state index in [1.807, 2.05) is 6.92 Å². The highest BCUT2D eigenvalue weighted by Crippen LogP contribution is 2.36. The van der Waals surface area contributed by atoms with E-state index in [0.717, 1.165) is 6.42 Å². The van der Waals surface area contributed by atoms with Gasteiger partial charge in [-0.1, -0.05) is 18.5 Å². The van der Waals surface area contributed by atoms with E-state index in [1.54, 1.807) is 6.92 Å². The summed E-state index contributed by atoms with van der Waals surface area (Å²) < 4.78 is 10.7. The zero-order valence-corrected chi connectivity index (χ0v) is 14.4. The van der Waals surface area contributed by atoms with Crippen LogP contribution in [0.15, 0.2) is 12.1 Å². The van der Waals surface area contributed by atoms with Crippen molar-refractivity contribution >= 4 is 23.5 Å². The minimum absolute atomic E-state index is 0.266. The summed E-state index contributed by atoms with van der Waals surface area (Å²) in [6.07, 6.45) is 0.812. The summed E-state index contributed by atoms with van der Waals surface area (Å²) in [6, 6.07) is 2.47. The molecule has 1 aromatic carbocycles. The molecule has 0 aliphatic carbocycles. The molecule has 0 bridgehead atoms. The van der Waals surface area contributed by atoms with Crippen LogP contribution in [0.1, 0.15) is 37.6 Å². The highest BCUT2D eigenvalue weighted by molar-refractivity contribution is 6.32. The first kappa shape index (κ1) is 19.1. The van der Waals surface area contributed by atoms with E-state index < -0.39 is 23.8 Å². The van der Waals surface area contributed by atoms with Crippen molar-refractivity contribution in [2.45, 2.75) is 33.2 Å². The Labute approximate surface area is 140 Å². The Hall–Kier alpha value is -1.95. The van der Waals surface area contributed by atoms with Crippen molar-refractivity contribution in [1.29, 1.82) is 0 Å². The van der Waals surface area contributed by atoms with E-state index in [9.17, 15) is 9.59 Å². The minimum atomic E-state index is -0.975. The van der Waals surface area contributed by atoms with Crippen LogP contribution in [0.5, 0.6) is 11.5 Å². The number of rotatable bonds is 8. The molecule has 0 spiro atoms. The van der Waals surface area contributed by atoms with Crippen molar-refractivity contribution in [2.75, 3.05) is 13.7 Å². The second-order valence-corrected chi connectivity index (χ2v) is 5.63. The molecule has 0 fully saturated rings. The Balaban J connectivity index is 2.98. The number of carbonyl (C=O) groups excluding carboxylic acids is 1. The smallest absolute Gasteiger partial charge is 0.308 e. The molecule has 1 rings (SSSR count). The van der Waals surface area contributed by atoms with E-state index in [0.29, 0.717) is 18.1 Å². The van der Waals surface area contributed by atoms with E-state index in [-0.39, 0.29) is 10.6 Å². The number of ether oxygens (including phenoxy) is 2. The molecule has 0 saturated heterocycles. The predicted molar refractivity (Wildman–Crippen MR) is 87.5 cm³/mol. The van der Waals surface area contributed by atoms with Crippen molar-refractivity contribution < 1.29 is 24.2 Å². The molecule has 128 valence electrons. The summed E-state index contributed by atoms with van der Waals surface area (Å²) >= 11 is 6.16. The third kappa shape index (κ3) is 5.03. The summed E-state index contributed by atoms with van der Waals surface area (Å²) in [5.41, 5.74) is 0.278. The third-order valence-electron chi connectivity index (χ3n) is 3.44. The molecular formula is C16H22ClNO5. The van der Waals surface area contributed by atoms with E-state index in [1.165, 1.54) is 26.2 Å². The monoisotopic (exact) mass is 343 g/mol. The van der Waals surface area contributed by atoms with Crippen LogP contribution in [0.25, 0.3) is 0 Å². The number of carboxylic acid groups (broad SMARTS) is 1. The molecule has 0 radical (unpaired) electrons. The molecule has 0 saturated carbocycles. The van der Waals surface area contributed by atoms with Crippen LogP contribution in [0, 0.1) is 5.92 Å². The standard InChI is InChI=1S/C16H22ClNO5/c1-5-6-23-14-12(17)7-11(8-13(14)22-4)15(19)18-10(3)9(2)16(20)21/h7-10H,5-6H2,1-4H3,(H,18,19)(H,20,21). The topological polar surface area (TPSA) is 84.9 Å². The van der Waals surface area contributed by atoms with Crippen LogP contribution in [0.2, 0.25) is 5.02 Å². The number of carbonyl (C=O) groups is 2. The van der Waals surface area contributed by atoms with Gasteiger partial charge in [0.15, 0.2) is 11.5 Å². The van der Waals surface area contributed by atoms with Crippen molar-refractivity contribution in [3.05, 3.63) is 22.7 Å². The van der Waals surface area contributed by atoms with E-state index in [4.69, 9.17) is 26.2 Å². The summed E-state index contributed by atoms with van der Waals surface area (Å²) in [5, 5.41) is 11.9. The number of aliphatic carboxylic acids is 1. The fourth-order valence-electron chi connectivity index (χ4n) is 1.82. The molecular weight excluding hydrogens is 322 g/mol. The molecule has 23 heavy (non-hydrogen) atoms. The Morgan fingerprint density at radius 3 is 2.52 bits per heavy atom. The first-order chi connectivity index (χ1) is 10.8. The van der Waals surface area contributed by atoms with Gasteiger partial charge in [0.05, 0.1) is 24.7 Å². The Morgan fingerprint density at radius 1 is 1.35 bits per heavy atom. The fraction of sp³-hybridized carbons (Fsp3) is 0.500. The lowest BCUT2D eigenvalue weighted by Gasteiger charge is -2.19. The number of amides is 1. The van der Waals surface area contributed by atoms with E-state index >= 15 is 0 Å². The lowest BCUT2D eigenvalue weighted by Crippen LogP contribution is -2.40. The van der Waals surface area contributed by atoms with Crippen LogP contribution < -0.4 is 14.8 Å². The minimum Gasteiger partial charge on any atom is -0.493 e. The lowest BCUT2D eigenvalue weighted by molar-refractivity contribution is -0.141. The summed E-state index contributed by atoms with van der Waals surface area (Å²) in [7, 11) is 1.46. The van der Waals surface area contributed by atoms with Crippen molar-refractivity contribution in [2.24, 2.45) is 5.92 Å². The van der Waals surface area contributed by atoms with Gasteiger partial charge in [-0.3, -0.25) is 9.59 Å². The largest absolute Gasteiger partial charge is 0.493 e. The maximum atomic E-state index is 12.3. The third-order valence-corrected chi connectivity index (χ3v) is 3.72. The van der Waals surface area contributed by atoms with Gasteiger partial charge in [-0.2, -0.15) is 0 Å². The number of carboxylic acids is 1. The molecule has 0 heterocycles. The van der Waals surface area contributed by atoms with E-state index in [2.05, 4.69) is 5.32 Å². The average Bonchev–Trinajstić information content (AvgIpc) is 2.51. The van der Waals surface area contributed by atoms with Crippen molar-refractivity contribution in [3.63, 3.8) is 0 Å². The number of hydrogen-bond acceptors (Lipinski definition) is 4. The molecule has 1 amide bonds. The van der Waals surface area contributed by atoms with Gasteiger partial charge in [0.1, 0.15) is 0 Å². The van der Waals surface area contributed by atoms with Crippen LogP contribution in [-0.2, 0) is 4.79 Å². The first-order valence-electron chi connectivity index (χ1n) is 7.35. The first-order valence-corrected chi connectivity index (χ1v) is 7.73. The molecule has 1 aromatic rings. The quantitative estimate of drug-likeness (QED) is 0.758. The van der Waals surface area contributed by atoms with Gasteiger partial charge in [0.2, 0.25) is 0 Å². The predicted octanol–water partition coefficient (Wildman–Crippen LogP) is 2.98. The van der Waals surface area contributed by atoms with Gasteiger partial charge in [-0.05, 0) is 32.4 Å². The number of benzene rings is 1. The molecule has 2 N–H and O–H groups in total. The number of methoxy groups -OCH3 is 1. The number of halogens is 1. The van der Waals surface area contributed by atoms with Gasteiger partial charge in [-0.25, -0.2) is 0 Å². The average molecular weight is 344 g/mol. The number of hydrogen-bond donors (Lipinski definition) is 2. The van der Waals surface area contributed by atoms with Gasteiger partial charge >= 0.3 is 5.97 Å². The summed E-state index contributed by atoms with van der Waals surface area (Å²) in [4.78, 5) is 23.2. The Bertz CT molecular complexity index is 576. The highest BCUT2D eigenvalue weighted by Gasteiger charge is 2.23. The molecule has 0 aromatic heterocycles. The zero-order chi connectivity index (χ0) is 17.6. The molecule has 0 aliphatic heterocycles. The van der Waals surface area contributed by atoms with Gasteiger partial charge in [0, 0.05) is 11.6 Å². The molecule has 2 atom stereocenters. The van der Waals surface area contributed by atoms with Gasteiger partial charge < -0.3 is 19.9 Å². The molecule has 2 unspecified atom stereocenters. The molecule has 0 aliphatic rings. The molecule has 6 nitrogen and oxygen atoms in total.